The minimum Gasteiger partial charge on any atom is -0.378 e. The number of likely N-dealkylation sites (N-methyl/N-ethyl adjacent to an activating group) is 1. The number of nitrogens with zero attached hydrogens (tertiary/aromatic N) is 2. The van der Waals surface area contributed by atoms with Crippen molar-refractivity contribution in [2.24, 2.45) is 4.99 Å². The Balaban J connectivity index is 2.64. The van der Waals surface area contributed by atoms with Crippen LogP contribution in [0.4, 0.5) is 0 Å². The third kappa shape index (κ3) is 5.30. The first-order valence-corrected chi connectivity index (χ1v) is 5.96. The Kier molecular flexibility index (Phi) is 6.26. The highest BCUT2D eigenvalue weighted by Crippen LogP contribution is 2.04. The number of benzene rings is 1. The lowest BCUT2D eigenvalue weighted by Gasteiger charge is -2.12. The fourth-order valence-corrected chi connectivity index (χ4v) is 1.46. The Bertz CT molecular complexity index is 439. The molecular weight excluding hydrogens is 220 g/mol. The lowest BCUT2D eigenvalue weighted by atomic mass is 10.1. The molecule has 0 aliphatic heterocycles. The average molecular weight is 240 g/mol. The molecule has 0 fully saturated rings. The smallest absolute Gasteiger partial charge is 0.0373 e. The van der Waals surface area contributed by atoms with Gasteiger partial charge in [0, 0.05) is 32.2 Å². The Morgan fingerprint density at radius 3 is 2.61 bits per heavy atom. The second-order valence-electron chi connectivity index (χ2n) is 4.06. The van der Waals surface area contributed by atoms with Gasteiger partial charge in [-0.15, -0.1) is 0 Å². The summed E-state index contributed by atoms with van der Waals surface area (Å²) in [7, 11) is 4.03. The number of hydrogen-bond acceptors (Lipinski definition) is 2. The lowest BCUT2D eigenvalue weighted by molar-refractivity contribution is 0.530. The Labute approximate surface area is 110 Å². The van der Waals surface area contributed by atoms with Crippen molar-refractivity contribution in [1.29, 1.82) is 0 Å². The summed E-state index contributed by atoms with van der Waals surface area (Å²) in [6.45, 7) is 3.55. The van der Waals surface area contributed by atoms with Gasteiger partial charge in [0.1, 0.15) is 0 Å². The molecule has 0 N–H and O–H groups in total. The first kappa shape index (κ1) is 14.0. The normalized spacial score (nSPS) is 12.2. The summed E-state index contributed by atoms with van der Waals surface area (Å²) in [5.41, 5.74) is 2.42. The molecule has 1 aromatic carbocycles. The van der Waals surface area contributed by atoms with E-state index in [9.17, 15) is 0 Å². The van der Waals surface area contributed by atoms with E-state index in [4.69, 9.17) is 0 Å². The van der Waals surface area contributed by atoms with E-state index in [1.807, 2.05) is 26.2 Å². The fraction of sp³-hybridized carbons (Fsp3) is 0.188. The van der Waals surface area contributed by atoms with Crippen molar-refractivity contribution in [2.45, 2.75) is 6.42 Å². The molecule has 0 aliphatic rings. The minimum absolute atomic E-state index is 0.935. The molecule has 2 nitrogen and oxygen atoms in total. The van der Waals surface area contributed by atoms with Crippen LogP contribution in [-0.4, -0.2) is 25.2 Å². The van der Waals surface area contributed by atoms with E-state index >= 15 is 0 Å². The molecule has 0 aromatic heterocycles. The van der Waals surface area contributed by atoms with Crippen LogP contribution < -0.4 is 0 Å². The molecule has 0 saturated heterocycles. The SMILES string of the molecule is C=C/N=C/C=C(\C=C/Cc1ccccc1)N(C)C. The maximum absolute atomic E-state index is 3.96. The van der Waals surface area contributed by atoms with Crippen molar-refractivity contribution >= 4 is 6.21 Å². The summed E-state index contributed by atoms with van der Waals surface area (Å²) >= 11 is 0. The largest absolute Gasteiger partial charge is 0.378 e. The summed E-state index contributed by atoms with van der Waals surface area (Å²) in [6, 6.07) is 10.4. The van der Waals surface area contributed by atoms with Crippen molar-refractivity contribution in [3.63, 3.8) is 0 Å². The van der Waals surface area contributed by atoms with Gasteiger partial charge in [-0.25, -0.2) is 0 Å². The Morgan fingerprint density at radius 2 is 2.00 bits per heavy atom. The number of rotatable bonds is 6. The quantitative estimate of drug-likeness (QED) is 0.549. The van der Waals surface area contributed by atoms with Crippen LogP contribution in [-0.2, 0) is 6.42 Å². The van der Waals surface area contributed by atoms with E-state index in [1.54, 1.807) is 6.21 Å². The van der Waals surface area contributed by atoms with Gasteiger partial charge >= 0.3 is 0 Å². The summed E-state index contributed by atoms with van der Waals surface area (Å²) in [5, 5.41) is 0. The van der Waals surface area contributed by atoms with E-state index in [1.165, 1.54) is 11.8 Å². The van der Waals surface area contributed by atoms with E-state index in [2.05, 4.69) is 52.9 Å². The first-order chi connectivity index (χ1) is 8.74. The fourth-order valence-electron chi connectivity index (χ4n) is 1.46. The topological polar surface area (TPSA) is 15.6 Å². The molecule has 2 heteroatoms. The van der Waals surface area contributed by atoms with Crippen LogP contribution in [0, 0.1) is 0 Å². The molecule has 18 heavy (non-hydrogen) atoms. The molecule has 0 bridgehead atoms. The van der Waals surface area contributed by atoms with Crippen molar-refractivity contribution < 1.29 is 0 Å². The molecule has 0 radical (unpaired) electrons. The zero-order chi connectivity index (χ0) is 13.2. The molecule has 0 amide bonds. The first-order valence-electron chi connectivity index (χ1n) is 5.96. The van der Waals surface area contributed by atoms with Gasteiger partial charge in [0.15, 0.2) is 0 Å². The van der Waals surface area contributed by atoms with Gasteiger partial charge < -0.3 is 4.90 Å². The van der Waals surface area contributed by atoms with Crippen LogP contribution >= 0.6 is 0 Å². The van der Waals surface area contributed by atoms with Gasteiger partial charge in [-0.3, -0.25) is 4.99 Å². The minimum atomic E-state index is 0.935. The van der Waals surface area contributed by atoms with E-state index in [0.717, 1.165) is 12.1 Å². The highest BCUT2D eigenvalue weighted by atomic mass is 15.1. The Morgan fingerprint density at radius 1 is 1.28 bits per heavy atom. The van der Waals surface area contributed by atoms with Crippen LogP contribution in [0.1, 0.15) is 5.56 Å². The third-order valence-corrected chi connectivity index (χ3v) is 2.44. The monoisotopic (exact) mass is 240 g/mol. The van der Waals surface area contributed by atoms with E-state index in [0.29, 0.717) is 0 Å². The second-order valence-corrected chi connectivity index (χ2v) is 4.06. The van der Waals surface area contributed by atoms with Gasteiger partial charge in [0.25, 0.3) is 0 Å². The van der Waals surface area contributed by atoms with Gasteiger partial charge in [-0.05, 0) is 24.1 Å². The third-order valence-electron chi connectivity index (χ3n) is 2.44. The van der Waals surface area contributed by atoms with Crippen molar-refractivity contribution in [3.05, 3.63) is 72.6 Å². The number of hydrogen-bond donors (Lipinski definition) is 0. The molecule has 0 unspecified atom stereocenters. The zero-order valence-corrected chi connectivity index (χ0v) is 11.1. The van der Waals surface area contributed by atoms with Crippen LogP contribution in [0.25, 0.3) is 0 Å². The van der Waals surface area contributed by atoms with Gasteiger partial charge in [0.05, 0.1) is 0 Å². The summed E-state index contributed by atoms with van der Waals surface area (Å²) in [6.07, 6.45) is 10.4. The molecule has 0 saturated carbocycles. The van der Waals surface area contributed by atoms with Crippen LogP contribution in [0.3, 0.4) is 0 Å². The van der Waals surface area contributed by atoms with Crippen molar-refractivity contribution in [1.82, 2.24) is 4.90 Å². The van der Waals surface area contributed by atoms with E-state index < -0.39 is 0 Å². The maximum atomic E-state index is 3.96. The molecule has 0 aliphatic carbocycles. The number of aliphatic imine (C=N–C) groups is 1. The average Bonchev–Trinajstić information content (AvgIpc) is 2.38. The highest BCUT2D eigenvalue weighted by Gasteiger charge is 1.93. The lowest BCUT2D eigenvalue weighted by Crippen LogP contribution is -2.09. The highest BCUT2D eigenvalue weighted by molar-refractivity contribution is 5.73. The molecule has 0 heterocycles. The summed E-state index contributed by atoms with van der Waals surface area (Å²) in [4.78, 5) is 6.01. The molecule has 1 aromatic rings. The maximum Gasteiger partial charge on any atom is 0.0373 e. The van der Waals surface area contributed by atoms with Crippen LogP contribution in [0.5, 0.6) is 0 Å². The zero-order valence-electron chi connectivity index (χ0n) is 11.1. The molecule has 1 rings (SSSR count). The van der Waals surface area contributed by atoms with Crippen LogP contribution in [0.15, 0.2) is 72.0 Å². The predicted molar refractivity (Wildman–Crippen MR) is 79.7 cm³/mol. The second kappa shape index (κ2) is 8.07. The van der Waals surface area contributed by atoms with Crippen molar-refractivity contribution in [2.75, 3.05) is 14.1 Å². The van der Waals surface area contributed by atoms with Crippen molar-refractivity contribution in [3.8, 4) is 0 Å². The number of allylic oxidation sites excluding steroid dienone is 3. The predicted octanol–water partition coefficient (Wildman–Crippen LogP) is 3.45. The van der Waals surface area contributed by atoms with Gasteiger partial charge in [-0.2, -0.15) is 0 Å². The summed E-state index contributed by atoms with van der Waals surface area (Å²) < 4.78 is 0. The molecule has 0 spiro atoms. The summed E-state index contributed by atoms with van der Waals surface area (Å²) in [5.74, 6) is 0. The molecule has 0 atom stereocenters. The van der Waals surface area contributed by atoms with E-state index in [-0.39, 0.29) is 0 Å². The van der Waals surface area contributed by atoms with Crippen LogP contribution in [0.2, 0.25) is 0 Å². The van der Waals surface area contributed by atoms with Gasteiger partial charge in [-0.1, -0.05) is 43.0 Å². The van der Waals surface area contributed by atoms with Gasteiger partial charge in [0.2, 0.25) is 0 Å². The molecular formula is C16H20N2. The molecule has 94 valence electrons. The standard InChI is InChI=1S/C16H20N2/c1-4-17-14-13-16(18(2)3)12-8-11-15-9-6-5-7-10-15/h4-10,12-14H,1,11H2,2-3H3/b12-8-,16-13+,17-14+. The Hall–Kier alpha value is -2.09.